The molecule has 1 aromatic rings. The number of piperidine rings is 1. The molecule has 4 nitrogen and oxygen atoms in total. The summed E-state index contributed by atoms with van der Waals surface area (Å²) in [7, 11) is 2.19. The van der Waals surface area contributed by atoms with E-state index in [-0.39, 0.29) is 23.3 Å². The Morgan fingerprint density at radius 1 is 1.25 bits per heavy atom. The first-order valence-electron chi connectivity index (χ1n) is 10.7. The van der Waals surface area contributed by atoms with Gasteiger partial charge in [-0.25, -0.2) is 4.39 Å². The maximum Gasteiger partial charge on any atom is 0.237 e. The molecular formula is C23H36FN3O. The van der Waals surface area contributed by atoms with E-state index in [1.54, 1.807) is 12.1 Å². The summed E-state index contributed by atoms with van der Waals surface area (Å²) < 4.78 is 13.2. The molecule has 1 amide bonds. The fraction of sp³-hybridized carbons (Fsp3) is 0.696. The predicted molar refractivity (Wildman–Crippen MR) is 112 cm³/mol. The van der Waals surface area contributed by atoms with Crippen LogP contribution in [0.25, 0.3) is 0 Å². The topological polar surface area (TPSA) is 35.6 Å². The molecule has 0 bridgehead atoms. The zero-order valence-corrected chi connectivity index (χ0v) is 17.9. The minimum absolute atomic E-state index is 0.0316. The van der Waals surface area contributed by atoms with Gasteiger partial charge in [-0.3, -0.25) is 9.69 Å². The van der Waals surface area contributed by atoms with Crippen LogP contribution in [0.15, 0.2) is 24.3 Å². The molecule has 0 unspecified atom stereocenters. The van der Waals surface area contributed by atoms with Gasteiger partial charge in [0.15, 0.2) is 0 Å². The minimum Gasteiger partial charge on any atom is -0.350 e. The first-order chi connectivity index (χ1) is 13.2. The highest BCUT2D eigenvalue weighted by Gasteiger charge is 2.47. The number of halogens is 1. The highest BCUT2D eigenvalue weighted by molar-refractivity contribution is 5.83. The maximum absolute atomic E-state index is 13.3. The Balaban J connectivity index is 1.66. The minimum atomic E-state index is -0.366. The molecule has 1 atom stereocenters. The van der Waals surface area contributed by atoms with E-state index in [1.165, 1.54) is 25.0 Å². The van der Waals surface area contributed by atoms with Crippen molar-refractivity contribution in [1.82, 2.24) is 15.1 Å². The van der Waals surface area contributed by atoms with Crippen molar-refractivity contribution in [2.24, 2.45) is 5.41 Å². The summed E-state index contributed by atoms with van der Waals surface area (Å²) in [6.45, 7) is 10.6. The monoisotopic (exact) mass is 389 g/mol. The molecule has 5 heteroatoms. The molecule has 28 heavy (non-hydrogen) atoms. The third kappa shape index (κ3) is 5.12. The molecule has 0 aromatic heterocycles. The van der Waals surface area contributed by atoms with Crippen LogP contribution in [-0.2, 0) is 11.2 Å². The van der Waals surface area contributed by atoms with Crippen LogP contribution in [0.1, 0.15) is 52.0 Å². The Labute approximate surface area is 169 Å². The van der Waals surface area contributed by atoms with E-state index >= 15 is 0 Å². The second-order valence-corrected chi connectivity index (χ2v) is 9.67. The lowest BCUT2D eigenvalue weighted by molar-refractivity contribution is -0.127. The number of hydrogen-bond acceptors (Lipinski definition) is 3. The number of nitrogens with one attached hydrogen (secondary N) is 1. The van der Waals surface area contributed by atoms with Crippen molar-refractivity contribution in [2.45, 2.75) is 64.5 Å². The van der Waals surface area contributed by atoms with Crippen molar-refractivity contribution in [2.75, 3.05) is 33.2 Å². The first-order valence-corrected chi connectivity index (χ1v) is 10.7. The Hall–Kier alpha value is -1.46. The molecule has 2 aliphatic heterocycles. The number of amides is 1. The normalized spacial score (nSPS) is 23.2. The summed E-state index contributed by atoms with van der Waals surface area (Å²) in [6, 6.07) is 6.54. The van der Waals surface area contributed by atoms with E-state index in [4.69, 9.17) is 0 Å². The second kappa shape index (κ2) is 8.50. The summed E-state index contributed by atoms with van der Waals surface area (Å²) in [5.74, 6) is -0.0773. The Bertz CT molecular complexity index is 665. The highest BCUT2D eigenvalue weighted by atomic mass is 19.1. The largest absolute Gasteiger partial charge is 0.350 e. The average Bonchev–Trinajstić information content (AvgIpc) is 2.98. The Morgan fingerprint density at radius 2 is 1.89 bits per heavy atom. The lowest BCUT2D eigenvalue weighted by Crippen LogP contribution is -2.52. The van der Waals surface area contributed by atoms with Crippen LogP contribution < -0.4 is 5.32 Å². The molecule has 1 aromatic carbocycles. The maximum atomic E-state index is 13.3. The Morgan fingerprint density at radius 3 is 2.50 bits per heavy atom. The van der Waals surface area contributed by atoms with Crippen LogP contribution in [0.3, 0.4) is 0 Å². The number of rotatable bonds is 6. The summed E-state index contributed by atoms with van der Waals surface area (Å²) in [4.78, 5) is 18.1. The molecule has 0 radical (unpaired) electrons. The van der Waals surface area contributed by atoms with Gasteiger partial charge < -0.3 is 10.2 Å². The van der Waals surface area contributed by atoms with E-state index in [2.05, 4.69) is 42.9 Å². The Kier molecular flexibility index (Phi) is 6.45. The predicted octanol–water partition coefficient (Wildman–Crippen LogP) is 3.46. The van der Waals surface area contributed by atoms with Crippen LogP contribution in [0, 0.1) is 11.2 Å². The first kappa shape index (κ1) is 21.3. The van der Waals surface area contributed by atoms with E-state index in [1.807, 2.05) is 0 Å². The third-order valence-electron chi connectivity index (χ3n) is 6.49. The van der Waals surface area contributed by atoms with Gasteiger partial charge in [-0.05, 0) is 95.7 Å². The molecule has 1 N–H and O–H groups in total. The standard InChI is InChI=1S/C23H36FN3O/c1-5-12-27-17-23(10-13-26(4)14-11-23)16-20(27)21(28)25-22(2,3)15-18-6-8-19(24)9-7-18/h6-9,20H,5,10-17H2,1-4H3,(H,25,28)/t20-/m1/s1. The molecule has 1 spiro atoms. The summed E-state index contributed by atoms with van der Waals surface area (Å²) >= 11 is 0. The summed E-state index contributed by atoms with van der Waals surface area (Å²) in [5.41, 5.74) is 0.968. The molecular weight excluding hydrogens is 353 g/mol. The van der Waals surface area contributed by atoms with Crippen molar-refractivity contribution in [3.05, 3.63) is 35.6 Å². The van der Waals surface area contributed by atoms with Gasteiger partial charge in [-0.1, -0.05) is 19.1 Å². The van der Waals surface area contributed by atoms with E-state index in [0.29, 0.717) is 11.8 Å². The van der Waals surface area contributed by atoms with Gasteiger partial charge in [0.2, 0.25) is 5.91 Å². The second-order valence-electron chi connectivity index (χ2n) is 9.67. The number of likely N-dealkylation sites (tertiary alicyclic amines) is 2. The number of carbonyl (C=O) groups is 1. The van der Waals surface area contributed by atoms with E-state index < -0.39 is 0 Å². The van der Waals surface area contributed by atoms with Crippen molar-refractivity contribution in [3.63, 3.8) is 0 Å². The van der Waals surface area contributed by atoms with Crippen LogP contribution in [0.2, 0.25) is 0 Å². The van der Waals surface area contributed by atoms with Gasteiger partial charge in [0.1, 0.15) is 5.82 Å². The number of benzene rings is 1. The van der Waals surface area contributed by atoms with Crippen LogP contribution in [-0.4, -0.2) is 60.5 Å². The molecule has 2 fully saturated rings. The van der Waals surface area contributed by atoms with Crippen LogP contribution in [0.4, 0.5) is 4.39 Å². The number of hydrogen-bond donors (Lipinski definition) is 1. The van der Waals surface area contributed by atoms with Gasteiger partial charge in [0, 0.05) is 12.1 Å². The number of nitrogens with zero attached hydrogens (tertiary/aromatic N) is 2. The molecule has 0 aliphatic carbocycles. The number of carbonyl (C=O) groups excluding carboxylic acids is 1. The quantitative estimate of drug-likeness (QED) is 0.809. The molecule has 2 saturated heterocycles. The molecule has 0 saturated carbocycles. The highest BCUT2D eigenvalue weighted by Crippen LogP contribution is 2.43. The third-order valence-corrected chi connectivity index (χ3v) is 6.49. The van der Waals surface area contributed by atoms with Crippen molar-refractivity contribution < 1.29 is 9.18 Å². The molecule has 2 heterocycles. The van der Waals surface area contributed by atoms with Gasteiger partial charge >= 0.3 is 0 Å². The van der Waals surface area contributed by atoms with Crippen LogP contribution in [0.5, 0.6) is 0 Å². The van der Waals surface area contributed by atoms with Gasteiger partial charge in [0.05, 0.1) is 6.04 Å². The fourth-order valence-electron chi connectivity index (χ4n) is 4.95. The summed E-state index contributed by atoms with van der Waals surface area (Å²) in [5, 5.41) is 3.30. The average molecular weight is 390 g/mol. The van der Waals surface area contributed by atoms with Crippen LogP contribution >= 0.6 is 0 Å². The van der Waals surface area contributed by atoms with Crippen molar-refractivity contribution in [1.29, 1.82) is 0 Å². The zero-order chi connectivity index (χ0) is 20.4. The molecule has 3 rings (SSSR count). The lowest BCUT2D eigenvalue weighted by Gasteiger charge is -2.37. The van der Waals surface area contributed by atoms with Crippen molar-refractivity contribution >= 4 is 5.91 Å². The molecule has 2 aliphatic rings. The van der Waals surface area contributed by atoms with Gasteiger partial charge in [0.25, 0.3) is 0 Å². The van der Waals surface area contributed by atoms with E-state index in [9.17, 15) is 9.18 Å². The molecule has 156 valence electrons. The van der Waals surface area contributed by atoms with Crippen molar-refractivity contribution in [3.8, 4) is 0 Å². The zero-order valence-electron chi connectivity index (χ0n) is 17.9. The van der Waals surface area contributed by atoms with Gasteiger partial charge in [-0.2, -0.15) is 0 Å². The lowest BCUT2D eigenvalue weighted by atomic mass is 9.76. The fourth-order valence-corrected chi connectivity index (χ4v) is 4.95. The van der Waals surface area contributed by atoms with E-state index in [0.717, 1.165) is 44.6 Å². The van der Waals surface area contributed by atoms with Gasteiger partial charge in [-0.15, -0.1) is 0 Å². The summed E-state index contributed by atoms with van der Waals surface area (Å²) in [6.07, 6.45) is 5.10. The SMILES string of the molecule is CCCN1CC2(CCN(C)CC2)C[C@@H]1C(=O)NC(C)(C)Cc1ccc(F)cc1. The smallest absolute Gasteiger partial charge is 0.237 e.